The van der Waals surface area contributed by atoms with E-state index in [0.29, 0.717) is 12.3 Å². The van der Waals surface area contributed by atoms with Crippen molar-refractivity contribution in [1.29, 1.82) is 0 Å². The van der Waals surface area contributed by atoms with E-state index < -0.39 is 0 Å². The molecule has 0 bridgehead atoms. The van der Waals surface area contributed by atoms with Gasteiger partial charge in [0.25, 0.3) is 0 Å². The van der Waals surface area contributed by atoms with Crippen molar-refractivity contribution in [2.75, 3.05) is 19.6 Å². The second kappa shape index (κ2) is 10.8. The first-order chi connectivity index (χ1) is 12.6. The van der Waals surface area contributed by atoms with E-state index in [1.54, 1.807) is 23.5 Å². The summed E-state index contributed by atoms with van der Waals surface area (Å²) in [7, 11) is 0. The van der Waals surface area contributed by atoms with Crippen LogP contribution in [-0.2, 0) is 6.42 Å². The zero-order chi connectivity index (χ0) is 18.8. The number of nitrogens with one attached hydrogen (secondary N) is 2. The summed E-state index contributed by atoms with van der Waals surface area (Å²) >= 11 is 1.71. The van der Waals surface area contributed by atoms with Crippen LogP contribution >= 0.6 is 11.3 Å². The van der Waals surface area contributed by atoms with Gasteiger partial charge >= 0.3 is 0 Å². The average molecular weight is 379 g/mol. The highest BCUT2D eigenvalue weighted by molar-refractivity contribution is 7.09. The standard InChI is InChI=1S/C19H27FN4OS/c1-4-21-19(22-10-6-9-18-24-14(2)13-26-18)23-12-15(3)25-17-8-5-7-16(20)11-17/h5,7-8,11,13,15H,4,6,9-10,12H2,1-3H3,(H2,21,22,23). The highest BCUT2D eigenvalue weighted by Crippen LogP contribution is 2.14. The van der Waals surface area contributed by atoms with Gasteiger partial charge in [-0.15, -0.1) is 11.3 Å². The lowest BCUT2D eigenvalue weighted by Crippen LogP contribution is -2.38. The molecule has 2 rings (SSSR count). The van der Waals surface area contributed by atoms with Gasteiger partial charge in [0.05, 0.1) is 11.6 Å². The van der Waals surface area contributed by atoms with Crippen molar-refractivity contribution >= 4 is 17.3 Å². The van der Waals surface area contributed by atoms with Gasteiger partial charge in [-0.3, -0.25) is 0 Å². The number of rotatable bonds is 9. The maximum atomic E-state index is 13.2. The molecule has 142 valence electrons. The molecule has 0 aliphatic heterocycles. The molecule has 1 heterocycles. The maximum Gasteiger partial charge on any atom is 0.191 e. The first-order valence-electron chi connectivity index (χ1n) is 8.92. The Labute approximate surface area is 158 Å². The summed E-state index contributed by atoms with van der Waals surface area (Å²) in [6.45, 7) is 8.06. The highest BCUT2D eigenvalue weighted by Gasteiger charge is 2.06. The van der Waals surface area contributed by atoms with Crippen LogP contribution in [0.25, 0.3) is 0 Å². The van der Waals surface area contributed by atoms with Crippen LogP contribution in [0.1, 0.15) is 31.0 Å². The van der Waals surface area contributed by atoms with Gasteiger partial charge in [-0.25, -0.2) is 14.4 Å². The summed E-state index contributed by atoms with van der Waals surface area (Å²) in [6.07, 6.45) is 1.81. The Kier molecular flexibility index (Phi) is 8.34. The Morgan fingerprint density at radius 1 is 1.38 bits per heavy atom. The molecular formula is C19H27FN4OS. The maximum absolute atomic E-state index is 13.2. The third kappa shape index (κ3) is 7.39. The SMILES string of the molecule is CCNC(=NCC(C)Oc1cccc(F)c1)NCCCc1nc(C)cs1. The molecule has 0 radical (unpaired) electrons. The Balaban J connectivity index is 1.75. The third-order valence-electron chi connectivity index (χ3n) is 3.51. The van der Waals surface area contributed by atoms with E-state index in [1.807, 2.05) is 20.8 Å². The molecular weight excluding hydrogens is 351 g/mol. The van der Waals surface area contributed by atoms with Gasteiger partial charge in [0.1, 0.15) is 17.7 Å². The lowest BCUT2D eigenvalue weighted by molar-refractivity contribution is 0.229. The van der Waals surface area contributed by atoms with Crippen molar-refractivity contribution in [3.05, 3.63) is 46.2 Å². The molecule has 1 unspecified atom stereocenters. The number of benzene rings is 1. The minimum Gasteiger partial charge on any atom is -0.489 e. The number of aromatic nitrogens is 1. The molecule has 0 aliphatic rings. The quantitative estimate of drug-likeness (QED) is 0.398. The Hall–Kier alpha value is -2.15. The fraction of sp³-hybridized carbons (Fsp3) is 0.474. The molecule has 2 aromatic rings. The zero-order valence-electron chi connectivity index (χ0n) is 15.6. The summed E-state index contributed by atoms with van der Waals surface area (Å²) in [5.41, 5.74) is 1.08. The van der Waals surface area contributed by atoms with E-state index in [2.05, 4.69) is 26.0 Å². The van der Waals surface area contributed by atoms with Crippen molar-refractivity contribution in [3.63, 3.8) is 0 Å². The Bertz CT molecular complexity index is 704. The molecule has 0 fully saturated rings. The van der Waals surface area contributed by atoms with E-state index in [4.69, 9.17) is 4.74 Å². The lowest BCUT2D eigenvalue weighted by Gasteiger charge is -2.15. The summed E-state index contributed by atoms with van der Waals surface area (Å²) in [6, 6.07) is 6.16. The van der Waals surface area contributed by atoms with Gasteiger partial charge < -0.3 is 15.4 Å². The minimum absolute atomic E-state index is 0.148. The second-order valence-corrected chi connectivity index (χ2v) is 6.96. The number of nitrogens with zero attached hydrogens (tertiary/aromatic N) is 2. The van der Waals surface area contributed by atoms with E-state index >= 15 is 0 Å². The molecule has 1 atom stereocenters. The molecule has 26 heavy (non-hydrogen) atoms. The van der Waals surface area contributed by atoms with Crippen LogP contribution in [0, 0.1) is 12.7 Å². The van der Waals surface area contributed by atoms with Crippen molar-refractivity contribution in [1.82, 2.24) is 15.6 Å². The summed E-state index contributed by atoms with van der Waals surface area (Å²) in [5.74, 6) is 0.977. The van der Waals surface area contributed by atoms with Crippen LogP contribution in [0.15, 0.2) is 34.6 Å². The number of halogens is 1. The van der Waals surface area contributed by atoms with Crippen LogP contribution in [0.2, 0.25) is 0 Å². The molecule has 2 N–H and O–H groups in total. The predicted octanol–water partition coefficient (Wildman–Crippen LogP) is 3.55. The molecule has 7 heteroatoms. The smallest absolute Gasteiger partial charge is 0.191 e. The first kappa shape index (κ1) is 20.2. The zero-order valence-corrected chi connectivity index (χ0v) is 16.4. The molecule has 0 spiro atoms. The largest absolute Gasteiger partial charge is 0.489 e. The van der Waals surface area contributed by atoms with Crippen molar-refractivity contribution in [2.24, 2.45) is 4.99 Å². The van der Waals surface area contributed by atoms with Crippen molar-refractivity contribution in [3.8, 4) is 5.75 Å². The van der Waals surface area contributed by atoms with Gasteiger partial charge in [-0.1, -0.05) is 6.07 Å². The van der Waals surface area contributed by atoms with Crippen LogP contribution in [0.4, 0.5) is 4.39 Å². The average Bonchev–Trinajstić information content (AvgIpc) is 3.01. The Morgan fingerprint density at radius 2 is 2.23 bits per heavy atom. The van der Waals surface area contributed by atoms with Crippen LogP contribution in [-0.4, -0.2) is 36.7 Å². The monoisotopic (exact) mass is 378 g/mol. The summed E-state index contributed by atoms with van der Waals surface area (Å²) in [5, 5.41) is 9.80. The predicted molar refractivity (Wildman–Crippen MR) is 106 cm³/mol. The highest BCUT2D eigenvalue weighted by atomic mass is 32.1. The fourth-order valence-corrected chi connectivity index (χ4v) is 3.15. The fourth-order valence-electron chi connectivity index (χ4n) is 2.34. The summed E-state index contributed by atoms with van der Waals surface area (Å²) in [4.78, 5) is 9.01. The number of ether oxygens (including phenoxy) is 1. The molecule has 0 saturated carbocycles. The van der Waals surface area contributed by atoms with Crippen molar-refractivity contribution in [2.45, 2.75) is 39.7 Å². The topological polar surface area (TPSA) is 58.5 Å². The normalized spacial score (nSPS) is 12.7. The van der Waals surface area contributed by atoms with Gasteiger partial charge in [0, 0.05) is 36.7 Å². The lowest BCUT2D eigenvalue weighted by atomic mass is 10.3. The number of thiazole rings is 1. The van der Waals surface area contributed by atoms with E-state index in [0.717, 1.165) is 37.6 Å². The van der Waals surface area contributed by atoms with E-state index in [1.165, 1.54) is 17.1 Å². The van der Waals surface area contributed by atoms with Crippen molar-refractivity contribution < 1.29 is 9.13 Å². The number of aliphatic imine (C=N–C) groups is 1. The minimum atomic E-state index is -0.302. The number of hydrogen-bond acceptors (Lipinski definition) is 4. The van der Waals surface area contributed by atoms with Crippen LogP contribution < -0.4 is 15.4 Å². The van der Waals surface area contributed by atoms with Gasteiger partial charge in [0.15, 0.2) is 5.96 Å². The summed E-state index contributed by atoms with van der Waals surface area (Å²) < 4.78 is 18.9. The van der Waals surface area contributed by atoms with E-state index in [9.17, 15) is 4.39 Å². The molecule has 0 aliphatic carbocycles. The van der Waals surface area contributed by atoms with Gasteiger partial charge in [0.2, 0.25) is 0 Å². The second-order valence-electron chi connectivity index (χ2n) is 6.02. The molecule has 5 nitrogen and oxygen atoms in total. The molecule has 1 aromatic heterocycles. The molecule has 1 aromatic carbocycles. The third-order valence-corrected chi connectivity index (χ3v) is 4.54. The number of guanidine groups is 1. The van der Waals surface area contributed by atoms with Crippen LogP contribution in [0.5, 0.6) is 5.75 Å². The van der Waals surface area contributed by atoms with Gasteiger partial charge in [-0.2, -0.15) is 0 Å². The molecule has 0 saturated heterocycles. The first-order valence-corrected chi connectivity index (χ1v) is 9.80. The van der Waals surface area contributed by atoms with Gasteiger partial charge in [-0.05, 0) is 39.3 Å². The number of hydrogen-bond donors (Lipinski definition) is 2. The number of aryl methyl sites for hydroxylation is 2. The van der Waals surface area contributed by atoms with Crippen LogP contribution in [0.3, 0.4) is 0 Å². The Morgan fingerprint density at radius 3 is 2.92 bits per heavy atom. The molecule has 0 amide bonds. The van der Waals surface area contributed by atoms with E-state index in [-0.39, 0.29) is 11.9 Å².